The number of carbonyl (C=O) groups is 2. The van der Waals surface area contributed by atoms with Crippen LogP contribution >= 0.6 is 0 Å². The molecule has 0 atom stereocenters. The molecule has 0 saturated heterocycles. The van der Waals surface area contributed by atoms with Gasteiger partial charge in [-0.3, -0.25) is 14.6 Å². The van der Waals surface area contributed by atoms with E-state index in [9.17, 15) is 27.9 Å². The second-order valence-corrected chi connectivity index (χ2v) is 7.83. The highest BCUT2D eigenvalue weighted by Crippen LogP contribution is 2.23. The molecule has 0 aliphatic carbocycles. The van der Waals surface area contributed by atoms with Crippen molar-refractivity contribution in [3.8, 4) is 5.75 Å². The van der Waals surface area contributed by atoms with Crippen LogP contribution in [0.3, 0.4) is 0 Å². The maximum Gasteiger partial charge on any atom is 0.422 e. The number of hydrogen-bond donors (Lipinski definition) is 2. The van der Waals surface area contributed by atoms with Gasteiger partial charge in [-0.2, -0.15) is 13.2 Å². The average Bonchev–Trinajstić information content (AvgIpc) is 2.63. The van der Waals surface area contributed by atoms with E-state index in [4.69, 9.17) is 4.74 Å². The quantitative estimate of drug-likeness (QED) is 0.659. The number of nitrogens with zero attached hydrogens (tertiary/aromatic N) is 1. The molecule has 0 saturated carbocycles. The lowest BCUT2D eigenvalue weighted by molar-refractivity contribution is -0.153. The fraction of sp³-hybridized carbons (Fsp3) is 0.409. The Morgan fingerprint density at radius 2 is 1.81 bits per heavy atom. The summed E-state index contributed by atoms with van der Waals surface area (Å²) in [5.74, 6) is -0.684. The molecule has 9 heteroatoms. The van der Waals surface area contributed by atoms with Crippen molar-refractivity contribution in [1.29, 1.82) is 0 Å². The Balaban J connectivity index is 2.04. The first-order chi connectivity index (χ1) is 14.2. The maximum absolute atomic E-state index is 12.5. The summed E-state index contributed by atoms with van der Waals surface area (Å²) in [6.07, 6.45) is -4.53. The summed E-state index contributed by atoms with van der Waals surface area (Å²) in [6.45, 7) is 4.87. The largest absolute Gasteiger partial charge is 0.484 e. The summed E-state index contributed by atoms with van der Waals surface area (Å²) in [5, 5.41) is 12.5. The number of aromatic nitrogens is 1. The zero-order valence-corrected chi connectivity index (χ0v) is 17.8. The molecule has 2 aromatic rings. The van der Waals surface area contributed by atoms with Crippen LogP contribution in [0.4, 0.5) is 13.2 Å². The van der Waals surface area contributed by atoms with Crippen LogP contribution in [0.15, 0.2) is 30.3 Å². The molecule has 0 bridgehead atoms. The van der Waals surface area contributed by atoms with E-state index in [0.717, 1.165) is 0 Å². The topological polar surface area (TPSA) is 88.5 Å². The Morgan fingerprint density at radius 1 is 1.13 bits per heavy atom. The predicted octanol–water partition coefficient (Wildman–Crippen LogP) is 3.45. The number of alkyl halides is 3. The number of ketones is 1. The highest BCUT2D eigenvalue weighted by atomic mass is 19.4. The number of hydrogen-bond acceptors (Lipinski definition) is 5. The molecular formula is C22H25F3N2O4. The van der Waals surface area contributed by atoms with Gasteiger partial charge in [-0.05, 0) is 57.0 Å². The second kappa shape index (κ2) is 9.47. The maximum atomic E-state index is 12.5. The van der Waals surface area contributed by atoms with Gasteiger partial charge < -0.3 is 15.2 Å². The number of rotatable bonds is 8. The van der Waals surface area contributed by atoms with Crippen LogP contribution in [-0.2, 0) is 17.8 Å². The molecule has 0 fully saturated rings. The first-order valence-electron chi connectivity index (χ1n) is 9.55. The number of pyridine rings is 1. The SMILES string of the molecule is Cc1cc(C(=O)NCc2ccc(OCC(F)(F)F)c(C)c2)cc(CC(=O)C(C)(C)O)n1. The number of amides is 1. The van der Waals surface area contributed by atoms with Crippen LogP contribution in [0.2, 0.25) is 0 Å². The first kappa shape index (κ1) is 24.3. The van der Waals surface area contributed by atoms with Crippen LogP contribution in [0, 0.1) is 13.8 Å². The van der Waals surface area contributed by atoms with Crippen LogP contribution in [-0.4, -0.2) is 40.2 Å². The smallest absolute Gasteiger partial charge is 0.422 e. The minimum atomic E-state index is -4.42. The number of aliphatic hydroxyl groups is 1. The second-order valence-electron chi connectivity index (χ2n) is 7.83. The van der Waals surface area contributed by atoms with E-state index in [1.54, 1.807) is 32.0 Å². The van der Waals surface area contributed by atoms with Crippen LogP contribution in [0.1, 0.15) is 46.7 Å². The van der Waals surface area contributed by atoms with E-state index in [-0.39, 0.29) is 18.7 Å². The van der Waals surface area contributed by atoms with E-state index < -0.39 is 30.1 Å². The fourth-order valence-electron chi connectivity index (χ4n) is 2.77. The third kappa shape index (κ3) is 7.67. The third-order valence-corrected chi connectivity index (χ3v) is 4.38. The van der Waals surface area contributed by atoms with Gasteiger partial charge in [-0.15, -0.1) is 0 Å². The normalized spacial score (nSPS) is 11.9. The Morgan fingerprint density at radius 3 is 2.39 bits per heavy atom. The third-order valence-electron chi connectivity index (χ3n) is 4.38. The lowest BCUT2D eigenvalue weighted by Crippen LogP contribution is -2.33. The van der Waals surface area contributed by atoms with Crippen molar-refractivity contribution in [3.63, 3.8) is 0 Å². The summed E-state index contributed by atoms with van der Waals surface area (Å²) < 4.78 is 41.7. The van der Waals surface area contributed by atoms with Crippen molar-refractivity contribution < 1.29 is 32.6 Å². The molecule has 168 valence electrons. The summed E-state index contributed by atoms with van der Waals surface area (Å²) in [6, 6.07) is 7.71. The molecular weight excluding hydrogens is 413 g/mol. The standard InChI is InChI=1S/C22H25F3N2O4/c1-13-7-15(5-6-18(13)31-12-22(23,24)25)11-26-20(29)16-8-14(2)27-17(9-16)10-19(28)21(3,4)30/h5-9,30H,10-12H2,1-4H3,(H,26,29). The molecule has 0 aliphatic heterocycles. The fourth-order valence-corrected chi connectivity index (χ4v) is 2.77. The molecule has 2 rings (SSSR count). The molecule has 1 amide bonds. The molecule has 6 nitrogen and oxygen atoms in total. The van der Waals surface area contributed by atoms with E-state index in [1.807, 2.05) is 0 Å². The van der Waals surface area contributed by atoms with Crippen molar-refractivity contribution >= 4 is 11.7 Å². The molecule has 31 heavy (non-hydrogen) atoms. The number of carbonyl (C=O) groups excluding carboxylic acids is 2. The Kier molecular flexibility index (Phi) is 7.43. The molecule has 1 aromatic carbocycles. The van der Waals surface area contributed by atoms with Crippen LogP contribution in [0.5, 0.6) is 5.75 Å². The molecule has 0 unspecified atom stereocenters. The van der Waals surface area contributed by atoms with Gasteiger partial charge in [0.2, 0.25) is 0 Å². The van der Waals surface area contributed by atoms with Gasteiger partial charge in [0.25, 0.3) is 5.91 Å². The van der Waals surface area contributed by atoms with E-state index in [0.29, 0.717) is 28.1 Å². The van der Waals surface area contributed by atoms with E-state index in [2.05, 4.69) is 10.3 Å². The molecule has 1 heterocycles. The predicted molar refractivity (Wildman–Crippen MR) is 108 cm³/mol. The number of benzene rings is 1. The summed E-state index contributed by atoms with van der Waals surface area (Å²) in [4.78, 5) is 28.8. The van der Waals surface area contributed by atoms with Crippen LogP contribution in [0.25, 0.3) is 0 Å². The Bertz CT molecular complexity index is 966. The van der Waals surface area contributed by atoms with Crippen molar-refractivity contribution in [3.05, 3.63) is 58.4 Å². The van der Waals surface area contributed by atoms with Crippen molar-refractivity contribution in [2.45, 2.75) is 52.4 Å². The van der Waals surface area contributed by atoms with Gasteiger partial charge in [-0.25, -0.2) is 0 Å². The number of aryl methyl sites for hydroxylation is 2. The average molecular weight is 438 g/mol. The summed E-state index contributed by atoms with van der Waals surface area (Å²) in [5.41, 5.74) is 0.943. The molecule has 0 radical (unpaired) electrons. The zero-order chi connectivity index (χ0) is 23.4. The number of Topliss-reactive ketones (excluding diaryl/α,β-unsaturated/α-hetero) is 1. The first-order valence-corrected chi connectivity index (χ1v) is 9.55. The Hall–Kier alpha value is -2.94. The minimum absolute atomic E-state index is 0.107. The highest BCUT2D eigenvalue weighted by Gasteiger charge is 2.28. The van der Waals surface area contributed by atoms with Gasteiger partial charge in [0.1, 0.15) is 11.4 Å². The lowest BCUT2D eigenvalue weighted by Gasteiger charge is -2.15. The number of nitrogens with one attached hydrogen (secondary N) is 1. The molecule has 0 spiro atoms. The Labute approximate surface area is 178 Å². The van der Waals surface area contributed by atoms with Crippen molar-refractivity contribution in [1.82, 2.24) is 10.3 Å². The highest BCUT2D eigenvalue weighted by molar-refractivity contribution is 5.95. The van der Waals surface area contributed by atoms with Crippen LogP contribution < -0.4 is 10.1 Å². The van der Waals surface area contributed by atoms with Gasteiger partial charge in [0.15, 0.2) is 12.4 Å². The van der Waals surface area contributed by atoms with E-state index >= 15 is 0 Å². The van der Waals surface area contributed by atoms with Gasteiger partial charge in [-0.1, -0.05) is 12.1 Å². The monoisotopic (exact) mass is 438 g/mol. The van der Waals surface area contributed by atoms with E-state index in [1.165, 1.54) is 26.0 Å². The molecule has 2 N–H and O–H groups in total. The number of halogens is 3. The van der Waals surface area contributed by atoms with Gasteiger partial charge >= 0.3 is 6.18 Å². The van der Waals surface area contributed by atoms with Gasteiger partial charge in [0, 0.05) is 23.5 Å². The number of ether oxygens (including phenoxy) is 1. The minimum Gasteiger partial charge on any atom is -0.484 e. The van der Waals surface area contributed by atoms with Gasteiger partial charge in [0.05, 0.1) is 6.42 Å². The van der Waals surface area contributed by atoms with Crippen molar-refractivity contribution in [2.75, 3.05) is 6.61 Å². The molecule has 0 aliphatic rings. The zero-order valence-electron chi connectivity index (χ0n) is 17.8. The van der Waals surface area contributed by atoms with Crippen molar-refractivity contribution in [2.24, 2.45) is 0 Å². The summed E-state index contributed by atoms with van der Waals surface area (Å²) in [7, 11) is 0. The lowest BCUT2D eigenvalue weighted by atomic mass is 9.98. The summed E-state index contributed by atoms with van der Waals surface area (Å²) >= 11 is 0. The molecule has 1 aromatic heterocycles.